The number of ketones is 1. The molecule has 8 heteroatoms. The fraction of sp³-hybridized carbons (Fsp3) is 0.556. The van der Waals surface area contributed by atoms with Crippen molar-refractivity contribution in [3.8, 4) is 0 Å². The number of hydrogen-bond donors (Lipinski definition) is 2. The molecule has 0 aliphatic rings. The van der Waals surface area contributed by atoms with Gasteiger partial charge in [0, 0.05) is 24.5 Å². The van der Waals surface area contributed by atoms with Gasteiger partial charge in [-0.2, -0.15) is 0 Å². The number of unbranched alkanes of at least 4 members (excludes halogenated alkanes) is 1. The first-order valence-corrected chi connectivity index (χ1v) is 9.03. The molecule has 0 aliphatic heterocycles. The van der Waals surface area contributed by atoms with Crippen molar-refractivity contribution in [2.24, 2.45) is 0 Å². The normalized spacial score (nSPS) is 12.2. The van der Waals surface area contributed by atoms with Crippen LogP contribution in [-0.4, -0.2) is 46.8 Å². The molecule has 0 bridgehead atoms. The Labute approximate surface area is 158 Å². The summed E-state index contributed by atoms with van der Waals surface area (Å²) >= 11 is 5.63. The molecule has 144 valence electrons. The zero-order valence-corrected chi connectivity index (χ0v) is 16.1. The van der Waals surface area contributed by atoms with Gasteiger partial charge in [0.15, 0.2) is 5.78 Å². The third-order valence-corrected chi connectivity index (χ3v) is 3.62. The molecule has 2 N–H and O–H groups in total. The molecule has 0 aliphatic carbocycles. The average molecular weight is 384 g/mol. The molecule has 1 aromatic rings. The Hall–Kier alpha value is -2.15. The highest BCUT2D eigenvalue weighted by Gasteiger charge is 2.20. The van der Waals surface area contributed by atoms with Gasteiger partial charge in [0.25, 0.3) is 5.91 Å². The minimum absolute atomic E-state index is 0.169. The Morgan fingerprint density at radius 2 is 1.85 bits per heavy atom. The molecule has 1 aromatic heterocycles. The van der Waals surface area contributed by atoms with Crippen LogP contribution >= 0.6 is 11.6 Å². The number of halogens is 1. The monoisotopic (exact) mass is 383 g/mol. The quantitative estimate of drug-likeness (QED) is 0.504. The molecule has 1 atom stereocenters. The number of rotatable bonds is 9. The van der Waals surface area contributed by atoms with Crippen molar-refractivity contribution in [3.63, 3.8) is 0 Å². The first-order chi connectivity index (χ1) is 12.2. The van der Waals surface area contributed by atoms with E-state index in [9.17, 15) is 14.4 Å². The van der Waals surface area contributed by atoms with E-state index in [0.29, 0.717) is 31.4 Å². The molecule has 2 amide bonds. The van der Waals surface area contributed by atoms with Crippen molar-refractivity contribution in [2.45, 2.75) is 51.7 Å². The summed E-state index contributed by atoms with van der Waals surface area (Å²) in [6, 6.07) is 2.49. The first-order valence-electron chi connectivity index (χ1n) is 8.49. The number of pyridine rings is 1. The lowest BCUT2D eigenvalue weighted by molar-refractivity contribution is -0.118. The Balaban J connectivity index is 2.40. The smallest absolute Gasteiger partial charge is 0.407 e. The second-order valence-corrected chi connectivity index (χ2v) is 7.05. The van der Waals surface area contributed by atoms with Crippen LogP contribution < -0.4 is 10.6 Å². The molecular formula is C18H26ClN3O4. The van der Waals surface area contributed by atoms with Crippen LogP contribution in [-0.2, 0) is 9.53 Å². The van der Waals surface area contributed by atoms with E-state index in [2.05, 4.69) is 15.6 Å². The zero-order chi connectivity index (χ0) is 19.6. The average Bonchev–Trinajstić information content (AvgIpc) is 2.58. The molecule has 0 unspecified atom stereocenters. The van der Waals surface area contributed by atoms with Crippen LogP contribution in [0.15, 0.2) is 24.5 Å². The second-order valence-electron chi connectivity index (χ2n) is 6.79. The molecule has 0 fully saturated rings. The number of alkyl carbamates (subject to hydrolysis) is 1. The van der Waals surface area contributed by atoms with Crippen molar-refractivity contribution < 1.29 is 19.1 Å². The molecule has 0 radical (unpaired) electrons. The van der Waals surface area contributed by atoms with Gasteiger partial charge in [-0.1, -0.05) is 0 Å². The Morgan fingerprint density at radius 1 is 1.19 bits per heavy atom. The van der Waals surface area contributed by atoms with Crippen LogP contribution in [0.4, 0.5) is 4.79 Å². The van der Waals surface area contributed by atoms with Gasteiger partial charge in [-0.15, -0.1) is 11.6 Å². The number of aromatic nitrogens is 1. The molecule has 0 spiro atoms. The van der Waals surface area contributed by atoms with Crippen molar-refractivity contribution in [2.75, 3.05) is 12.4 Å². The molecule has 0 aromatic carbocycles. The topological polar surface area (TPSA) is 97.4 Å². The maximum Gasteiger partial charge on any atom is 0.407 e. The first kappa shape index (κ1) is 21.9. The SMILES string of the molecule is CC(C)(C)OC(=O)NCCCC[C@H](NC(=O)c1ccncc1)C(=O)CCl. The highest BCUT2D eigenvalue weighted by Crippen LogP contribution is 2.08. The molecule has 0 saturated heterocycles. The van der Waals surface area contributed by atoms with Gasteiger partial charge in [-0.05, 0) is 52.2 Å². The van der Waals surface area contributed by atoms with Crippen LogP contribution in [0.25, 0.3) is 0 Å². The van der Waals surface area contributed by atoms with E-state index in [-0.39, 0.29) is 17.6 Å². The second kappa shape index (κ2) is 10.8. The van der Waals surface area contributed by atoms with Crippen molar-refractivity contribution in [1.29, 1.82) is 0 Å². The van der Waals surface area contributed by atoms with Crippen LogP contribution in [0.1, 0.15) is 50.4 Å². The van der Waals surface area contributed by atoms with Crippen LogP contribution in [0.2, 0.25) is 0 Å². The molecule has 0 saturated carbocycles. The van der Waals surface area contributed by atoms with E-state index in [1.807, 2.05) is 0 Å². The van der Waals surface area contributed by atoms with Gasteiger partial charge in [0.05, 0.1) is 11.9 Å². The summed E-state index contributed by atoms with van der Waals surface area (Å²) in [5, 5.41) is 5.36. The van der Waals surface area contributed by atoms with Gasteiger partial charge in [0.1, 0.15) is 5.60 Å². The largest absolute Gasteiger partial charge is 0.444 e. The fourth-order valence-electron chi connectivity index (χ4n) is 2.13. The summed E-state index contributed by atoms with van der Waals surface area (Å²) < 4.78 is 5.14. The van der Waals surface area contributed by atoms with Crippen molar-refractivity contribution in [3.05, 3.63) is 30.1 Å². The van der Waals surface area contributed by atoms with E-state index in [0.717, 1.165) is 0 Å². The molecule has 1 heterocycles. The van der Waals surface area contributed by atoms with E-state index < -0.39 is 17.7 Å². The van der Waals surface area contributed by atoms with Crippen molar-refractivity contribution in [1.82, 2.24) is 15.6 Å². The van der Waals surface area contributed by atoms with E-state index >= 15 is 0 Å². The number of carbonyl (C=O) groups excluding carboxylic acids is 3. The maximum absolute atomic E-state index is 12.2. The Morgan fingerprint density at radius 3 is 2.42 bits per heavy atom. The number of carbonyl (C=O) groups is 3. The molecule has 26 heavy (non-hydrogen) atoms. The minimum atomic E-state index is -0.658. The Kier molecular flexibility index (Phi) is 9.05. The van der Waals surface area contributed by atoms with Gasteiger partial charge >= 0.3 is 6.09 Å². The van der Waals surface area contributed by atoms with E-state index in [1.54, 1.807) is 32.9 Å². The highest BCUT2D eigenvalue weighted by molar-refractivity contribution is 6.28. The lowest BCUT2D eigenvalue weighted by Crippen LogP contribution is -2.41. The maximum atomic E-state index is 12.2. The summed E-state index contributed by atoms with van der Waals surface area (Å²) in [5.74, 6) is -0.755. The number of nitrogens with one attached hydrogen (secondary N) is 2. The van der Waals surface area contributed by atoms with Gasteiger partial charge < -0.3 is 15.4 Å². The number of ether oxygens (including phenoxy) is 1. The summed E-state index contributed by atoms with van der Waals surface area (Å²) in [5.41, 5.74) is -0.113. The van der Waals surface area contributed by atoms with Crippen molar-refractivity contribution >= 4 is 29.4 Å². The van der Waals surface area contributed by atoms with Gasteiger partial charge in [-0.3, -0.25) is 14.6 Å². The lowest BCUT2D eigenvalue weighted by atomic mass is 10.1. The predicted molar refractivity (Wildman–Crippen MR) is 99.3 cm³/mol. The van der Waals surface area contributed by atoms with E-state index in [1.165, 1.54) is 12.4 Å². The number of Topliss-reactive ketones (excluding diaryl/α,β-unsaturated/α-hetero) is 1. The summed E-state index contributed by atoms with van der Waals surface area (Å²) in [6.45, 7) is 5.80. The molecule has 7 nitrogen and oxygen atoms in total. The standard InChI is InChI=1S/C18H26ClN3O4/c1-18(2,3)26-17(25)21-9-5-4-6-14(15(23)12-19)22-16(24)13-7-10-20-11-8-13/h7-8,10-11,14H,4-6,9,12H2,1-3H3,(H,21,25)(H,22,24)/t14-/m0/s1. The van der Waals surface area contributed by atoms with Crippen LogP contribution in [0.3, 0.4) is 0 Å². The minimum Gasteiger partial charge on any atom is -0.444 e. The molecular weight excluding hydrogens is 358 g/mol. The summed E-state index contributed by atoms with van der Waals surface area (Å²) in [4.78, 5) is 39.5. The van der Waals surface area contributed by atoms with Crippen LogP contribution in [0, 0.1) is 0 Å². The zero-order valence-electron chi connectivity index (χ0n) is 15.4. The summed E-state index contributed by atoms with van der Waals surface area (Å²) in [7, 11) is 0. The fourth-order valence-corrected chi connectivity index (χ4v) is 2.32. The third kappa shape index (κ3) is 8.80. The third-order valence-electron chi connectivity index (χ3n) is 3.36. The number of nitrogens with zero attached hydrogens (tertiary/aromatic N) is 1. The van der Waals surface area contributed by atoms with Crippen LogP contribution in [0.5, 0.6) is 0 Å². The van der Waals surface area contributed by atoms with E-state index in [4.69, 9.17) is 16.3 Å². The van der Waals surface area contributed by atoms with Gasteiger partial charge in [0.2, 0.25) is 0 Å². The highest BCUT2D eigenvalue weighted by atomic mass is 35.5. The number of alkyl halides is 1. The summed E-state index contributed by atoms with van der Waals surface area (Å²) in [6.07, 6.45) is 4.27. The van der Waals surface area contributed by atoms with Gasteiger partial charge in [-0.25, -0.2) is 4.79 Å². The number of amides is 2. The Bertz CT molecular complexity index is 602. The lowest BCUT2D eigenvalue weighted by Gasteiger charge is -2.20. The predicted octanol–water partition coefficient (Wildman–Crippen LogP) is 2.68. The number of hydrogen-bond acceptors (Lipinski definition) is 5. The molecule has 1 rings (SSSR count).